The van der Waals surface area contributed by atoms with Gasteiger partial charge in [-0.1, -0.05) is 18.1 Å². The Morgan fingerprint density at radius 2 is 1.97 bits per heavy atom. The Morgan fingerprint density at radius 1 is 1.23 bits per heavy atom. The predicted molar refractivity (Wildman–Crippen MR) is 125 cm³/mol. The van der Waals surface area contributed by atoms with Crippen LogP contribution in [0.5, 0.6) is 11.5 Å². The molecule has 0 atom stereocenters. The smallest absolute Gasteiger partial charge is 0.240 e. The summed E-state index contributed by atoms with van der Waals surface area (Å²) < 4.78 is 11.4. The zero-order valence-electron chi connectivity index (χ0n) is 17.6. The number of hydrogen-bond donors (Lipinski definition) is 2. The highest BCUT2D eigenvalue weighted by Crippen LogP contribution is 2.36. The number of methoxy groups -OCH3 is 1. The maximum Gasteiger partial charge on any atom is 0.240 e. The number of amides is 2. The number of nitrogens with zero attached hydrogens (tertiary/aromatic N) is 1. The van der Waals surface area contributed by atoms with Crippen LogP contribution in [0, 0.1) is 26.2 Å². The van der Waals surface area contributed by atoms with Crippen molar-refractivity contribution in [3.8, 4) is 23.8 Å². The fourth-order valence-electron chi connectivity index (χ4n) is 2.63. The summed E-state index contributed by atoms with van der Waals surface area (Å²) in [5, 5.41) is 6.76. The summed E-state index contributed by atoms with van der Waals surface area (Å²) in [6.07, 6.45) is 6.75. The monoisotopic (exact) mass is 485 g/mol. The van der Waals surface area contributed by atoms with Crippen LogP contribution in [-0.2, 0) is 9.59 Å². The van der Waals surface area contributed by atoms with E-state index in [-0.39, 0.29) is 31.3 Å². The number of hydrogen-bond acceptors (Lipinski definition) is 5. The Kier molecular flexibility index (Phi) is 9.10. The van der Waals surface area contributed by atoms with E-state index in [0.717, 1.165) is 16.8 Å². The van der Waals surface area contributed by atoms with Crippen molar-refractivity contribution in [2.24, 2.45) is 5.10 Å². The van der Waals surface area contributed by atoms with E-state index in [4.69, 9.17) is 15.9 Å². The normalized spacial score (nSPS) is 10.4. The molecule has 7 nitrogen and oxygen atoms in total. The maximum atomic E-state index is 12.1. The van der Waals surface area contributed by atoms with Crippen molar-refractivity contribution in [1.82, 2.24) is 5.43 Å². The van der Waals surface area contributed by atoms with E-state index >= 15 is 0 Å². The van der Waals surface area contributed by atoms with Gasteiger partial charge < -0.3 is 14.8 Å². The molecule has 0 fully saturated rings. The van der Waals surface area contributed by atoms with Gasteiger partial charge in [0, 0.05) is 18.5 Å². The second kappa shape index (κ2) is 11.8. The van der Waals surface area contributed by atoms with Gasteiger partial charge in [-0.2, -0.15) is 5.10 Å². The Balaban J connectivity index is 1.88. The van der Waals surface area contributed by atoms with Crippen molar-refractivity contribution >= 4 is 39.6 Å². The van der Waals surface area contributed by atoms with Crippen LogP contribution in [-0.4, -0.2) is 31.7 Å². The van der Waals surface area contributed by atoms with E-state index in [2.05, 4.69) is 37.7 Å². The van der Waals surface area contributed by atoms with Crippen molar-refractivity contribution in [3.63, 3.8) is 0 Å². The second-order valence-corrected chi connectivity index (χ2v) is 7.47. The molecule has 0 aliphatic rings. The molecule has 2 amide bonds. The molecule has 2 aromatic carbocycles. The first kappa shape index (κ1) is 24.0. The van der Waals surface area contributed by atoms with Crippen molar-refractivity contribution in [2.75, 3.05) is 19.0 Å². The van der Waals surface area contributed by atoms with Gasteiger partial charge in [-0.05, 0) is 64.7 Å². The van der Waals surface area contributed by atoms with E-state index in [1.807, 2.05) is 32.0 Å². The van der Waals surface area contributed by atoms with Crippen LogP contribution in [0.3, 0.4) is 0 Å². The number of benzene rings is 2. The zero-order valence-corrected chi connectivity index (χ0v) is 19.2. The zero-order chi connectivity index (χ0) is 22.8. The van der Waals surface area contributed by atoms with Gasteiger partial charge in [0.1, 0.15) is 6.61 Å². The Labute approximate surface area is 190 Å². The van der Waals surface area contributed by atoms with Crippen LogP contribution in [0.25, 0.3) is 0 Å². The highest BCUT2D eigenvalue weighted by Gasteiger charge is 2.11. The topological polar surface area (TPSA) is 89.0 Å². The standard InChI is InChI=1S/C23H24BrN3O4/c1-5-11-31-23-18(24)12-17(13-20(23)30-4)14-25-27-22(29)10-9-21(28)26-19-8-6-7-15(2)16(19)3/h1,6-8,12-14H,9-11H2,2-4H3,(H,26,28)(H,27,29). The molecule has 0 saturated carbocycles. The highest BCUT2D eigenvalue weighted by molar-refractivity contribution is 9.10. The average Bonchev–Trinajstić information content (AvgIpc) is 2.74. The van der Waals surface area contributed by atoms with Crippen LogP contribution in [0.1, 0.15) is 29.5 Å². The van der Waals surface area contributed by atoms with Crippen molar-refractivity contribution in [1.29, 1.82) is 0 Å². The quantitative estimate of drug-likeness (QED) is 0.319. The molecule has 0 aliphatic carbocycles. The lowest BCUT2D eigenvalue weighted by Crippen LogP contribution is -2.21. The summed E-state index contributed by atoms with van der Waals surface area (Å²) >= 11 is 3.40. The van der Waals surface area contributed by atoms with Gasteiger partial charge in [-0.3, -0.25) is 9.59 Å². The number of halogens is 1. The molecule has 8 heteroatoms. The van der Waals surface area contributed by atoms with Crippen LogP contribution >= 0.6 is 15.9 Å². The minimum atomic E-state index is -0.368. The molecular formula is C23H24BrN3O4. The third-order valence-electron chi connectivity index (χ3n) is 4.41. The number of nitrogens with one attached hydrogen (secondary N) is 2. The molecule has 0 unspecified atom stereocenters. The molecule has 0 aliphatic heterocycles. The van der Waals surface area contributed by atoms with Crippen LogP contribution in [0.4, 0.5) is 5.69 Å². The summed E-state index contributed by atoms with van der Waals surface area (Å²) in [5.41, 5.74) is 5.92. The fourth-order valence-corrected chi connectivity index (χ4v) is 3.20. The van der Waals surface area contributed by atoms with Gasteiger partial charge in [0.2, 0.25) is 11.8 Å². The molecule has 0 radical (unpaired) electrons. The van der Waals surface area contributed by atoms with Gasteiger partial charge in [0.05, 0.1) is 17.8 Å². The molecule has 31 heavy (non-hydrogen) atoms. The molecule has 162 valence electrons. The number of hydrazone groups is 1. The molecule has 0 spiro atoms. The number of ether oxygens (including phenoxy) is 2. The Morgan fingerprint density at radius 3 is 2.68 bits per heavy atom. The minimum absolute atomic E-state index is 0.0138. The van der Waals surface area contributed by atoms with Crippen LogP contribution in [0.2, 0.25) is 0 Å². The molecule has 0 bridgehead atoms. The number of carbonyl (C=O) groups is 2. The lowest BCUT2D eigenvalue weighted by molar-refractivity contribution is -0.124. The molecule has 0 saturated heterocycles. The highest BCUT2D eigenvalue weighted by atomic mass is 79.9. The fraction of sp³-hybridized carbons (Fsp3) is 0.261. The third-order valence-corrected chi connectivity index (χ3v) is 5.00. The summed E-state index contributed by atoms with van der Waals surface area (Å²) in [7, 11) is 1.51. The number of aryl methyl sites for hydroxylation is 1. The third kappa shape index (κ3) is 7.15. The number of carbonyl (C=O) groups excluding carboxylic acids is 2. The van der Waals surface area contributed by atoms with Gasteiger partial charge in [-0.25, -0.2) is 5.43 Å². The molecular weight excluding hydrogens is 462 g/mol. The molecule has 2 rings (SSSR count). The van der Waals surface area contributed by atoms with Crippen molar-refractivity contribution in [2.45, 2.75) is 26.7 Å². The van der Waals surface area contributed by atoms with Crippen molar-refractivity contribution < 1.29 is 19.1 Å². The lowest BCUT2D eigenvalue weighted by atomic mass is 10.1. The number of terminal acetylenes is 1. The lowest BCUT2D eigenvalue weighted by Gasteiger charge is -2.11. The van der Waals surface area contributed by atoms with Gasteiger partial charge in [-0.15, -0.1) is 6.42 Å². The molecule has 0 heterocycles. The Hall–Kier alpha value is -3.31. The number of anilines is 1. The van der Waals surface area contributed by atoms with E-state index in [1.165, 1.54) is 13.3 Å². The summed E-state index contributed by atoms with van der Waals surface area (Å²) in [5.74, 6) is 2.75. The molecule has 2 N–H and O–H groups in total. The minimum Gasteiger partial charge on any atom is -0.493 e. The van der Waals surface area contributed by atoms with Crippen LogP contribution < -0.4 is 20.2 Å². The van der Waals surface area contributed by atoms with Gasteiger partial charge in [0.15, 0.2) is 11.5 Å². The Bertz CT molecular complexity index is 1030. The summed E-state index contributed by atoms with van der Waals surface area (Å²) in [6.45, 7) is 4.02. The molecule has 0 aromatic heterocycles. The second-order valence-electron chi connectivity index (χ2n) is 6.62. The first-order chi connectivity index (χ1) is 14.8. The van der Waals surface area contributed by atoms with Gasteiger partial charge >= 0.3 is 0 Å². The van der Waals surface area contributed by atoms with Gasteiger partial charge in [0.25, 0.3) is 0 Å². The van der Waals surface area contributed by atoms with E-state index < -0.39 is 0 Å². The number of rotatable bonds is 9. The van der Waals surface area contributed by atoms with Crippen LogP contribution in [0.15, 0.2) is 39.9 Å². The van der Waals surface area contributed by atoms with E-state index in [0.29, 0.717) is 21.5 Å². The van der Waals surface area contributed by atoms with E-state index in [1.54, 1.807) is 12.1 Å². The predicted octanol–water partition coefficient (Wildman–Crippen LogP) is 3.96. The first-order valence-corrected chi connectivity index (χ1v) is 10.3. The summed E-state index contributed by atoms with van der Waals surface area (Å²) in [6, 6.07) is 9.13. The average molecular weight is 486 g/mol. The SMILES string of the molecule is C#CCOc1c(Br)cc(C=NNC(=O)CCC(=O)Nc2cccc(C)c2C)cc1OC. The van der Waals surface area contributed by atoms with Crippen molar-refractivity contribution in [3.05, 3.63) is 51.5 Å². The largest absolute Gasteiger partial charge is 0.493 e. The maximum absolute atomic E-state index is 12.1. The first-order valence-electron chi connectivity index (χ1n) is 9.47. The van der Waals surface area contributed by atoms with E-state index in [9.17, 15) is 9.59 Å². The molecule has 2 aromatic rings. The summed E-state index contributed by atoms with van der Waals surface area (Å²) in [4.78, 5) is 24.1.